The van der Waals surface area contributed by atoms with Gasteiger partial charge in [-0.2, -0.15) is 0 Å². The molecule has 0 aliphatic carbocycles. The molecule has 5 N–H and O–H groups in total. The lowest BCUT2D eigenvalue weighted by Crippen LogP contribution is -2.44. The van der Waals surface area contributed by atoms with E-state index >= 15 is 0 Å². The highest BCUT2D eigenvalue weighted by Crippen LogP contribution is 2.22. The lowest BCUT2D eigenvalue weighted by atomic mass is 10.1. The third-order valence-electron chi connectivity index (χ3n) is 5.36. The molecule has 0 spiro atoms. The molecule has 184 valence electrons. The zero-order valence-corrected chi connectivity index (χ0v) is 19.4. The number of aromatic amines is 1. The maximum absolute atomic E-state index is 13.0. The molecule has 10 heteroatoms. The highest BCUT2D eigenvalue weighted by Gasteiger charge is 2.22. The standard InChI is InChI=1S/C26H25N5O5/c27-14-5-4-9-21(30-25(33)35-16-17-7-2-1-3-8-17)24(32)31-23-11-6-10-19(28-23)18-12-13-20-22(15-18)36-26(34)29-20/h1-3,7-8,10,12-13,15,21H,4-5,9,14,16,27H2,(H,29,34)(H,30,33)(H,28,31,32)/t21-/m0/s1. The van der Waals surface area contributed by atoms with Gasteiger partial charge in [-0.15, -0.1) is 0 Å². The molecule has 0 bridgehead atoms. The van der Waals surface area contributed by atoms with E-state index in [0.717, 1.165) is 5.56 Å². The Balaban J connectivity index is 1.43. The van der Waals surface area contributed by atoms with Gasteiger partial charge in [0.15, 0.2) is 11.4 Å². The van der Waals surface area contributed by atoms with Crippen molar-refractivity contribution in [3.8, 4) is 11.3 Å². The smallest absolute Gasteiger partial charge is 0.417 e. The van der Waals surface area contributed by atoms with Crippen molar-refractivity contribution in [1.82, 2.24) is 15.3 Å². The second-order valence-electron chi connectivity index (χ2n) is 8.02. The van der Waals surface area contributed by atoms with Crippen molar-refractivity contribution in [2.75, 3.05) is 11.9 Å². The fourth-order valence-corrected chi connectivity index (χ4v) is 3.54. The molecule has 2 aromatic heterocycles. The first-order valence-electron chi connectivity index (χ1n) is 11.4. The van der Waals surface area contributed by atoms with Crippen LogP contribution in [-0.4, -0.2) is 34.6 Å². The number of nitrogens with zero attached hydrogens (tertiary/aromatic N) is 1. The second-order valence-corrected chi connectivity index (χ2v) is 8.02. The molecule has 2 aromatic carbocycles. The van der Waals surface area contributed by atoms with Gasteiger partial charge in [0.25, 0.3) is 0 Å². The normalized spacial score (nSPS) is 11.5. The number of anilines is 1. The van der Waals surface area contributed by atoms with Crippen molar-refractivity contribution in [2.45, 2.75) is 31.9 Å². The summed E-state index contributed by atoms with van der Waals surface area (Å²) in [5.74, 6) is -0.882. The summed E-state index contributed by atoms with van der Waals surface area (Å²) in [6, 6.07) is 20.7. The third kappa shape index (κ3) is 6.49. The number of hydrogen-bond donors (Lipinski definition) is 4. The Morgan fingerprint density at radius 1 is 1.17 bits per heavy atom. The number of unbranched alkanes of at least 4 members (excludes halogenated alkanes) is 1. The summed E-state index contributed by atoms with van der Waals surface area (Å²) in [5, 5.41) is 5.31. The van der Waals surface area contributed by atoms with Crippen LogP contribution in [0.15, 0.2) is 63.8 Å². The van der Waals surface area contributed by atoms with Crippen molar-refractivity contribution in [2.24, 2.45) is 5.73 Å². The van der Waals surface area contributed by atoms with Gasteiger partial charge in [-0.25, -0.2) is 14.6 Å². The molecule has 0 radical (unpaired) electrons. The summed E-state index contributed by atoms with van der Waals surface area (Å²) in [6.07, 6.45) is 1.01. The van der Waals surface area contributed by atoms with Crippen LogP contribution in [0.25, 0.3) is 22.4 Å². The highest BCUT2D eigenvalue weighted by atomic mass is 16.5. The molecule has 0 aliphatic heterocycles. The van der Waals surface area contributed by atoms with Crippen molar-refractivity contribution < 1.29 is 18.7 Å². The maximum Gasteiger partial charge on any atom is 0.417 e. The number of oxazole rings is 1. The Bertz CT molecular complexity index is 1380. The Kier molecular flexibility index (Phi) is 7.95. The lowest BCUT2D eigenvalue weighted by molar-refractivity contribution is -0.118. The Labute approximate surface area is 206 Å². The maximum atomic E-state index is 13.0. The fraction of sp³-hybridized carbons (Fsp3) is 0.231. The predicted octanol–water partition coefficient (Wildman–Crippen LogP) is 3.15. The molecular formula is C26H25N5O5. The molecule has 2 heterocycles. The molecular weight excluding hydrogens is 462 g/mol. The zero-order chi connectivity index (χ0) is 25.3. The number of rotatable bonds is 10. The van der Waals surface area contributed by atoms with Gasteiger partial charge < -0.3 is 25.5 Å². The first kappa shape index (κ1) is 24.5. The minimum atomic E-state index is -0.857. The van der Waals surface area contributed by atoms with Crippen molar-refractivity contribution in [1.29, 1.82) is 0 Å². The van der Waals surface area contributed by atoms with Crippen LogP contribution in [0.3, 0.4) is 0 Å². The van der Waals surface area contributed by atoms with Gasteiger partial charge in [-0.05, 0) is 49.6 Å². The number of benzene rings is 2. The van der Waals surface area contributed by atoms with E-state index in [1.807, 2.05) is 30.3 Å². The van der Waals surface area contributed by atoms with E-state index in [9.17, 15) is 14.4 Å². The summed E-state index contributed by atoms with van der Waals surface area (Å²) < 4.78 is 10.4. The van der Waals surface area contributed by atoms with Gasteiger partial charge in [0.2, 0.25) is 5.91 Å². The largest absolute Gasteiger partial charge is 0.445 e. The van der Waals surface area contributed by atoms with Crippen molar-refractivity contribution >= 4 is 28.9 Å². The SMILES string of the molecule is NCCCC[C@H](NC(=O)OCc1ccccc1)C(=O)Nc1c#ccc(-c2ccc3[nH]c(=O)oc3c2)n1. The quantitative estimate of drug-likeness (QED) is 0.251. The van der Waals surface area contributed by atoms with Gasteiger partial charge in [-0.1, -0.05) is 42.5 Å². The van der Waals surface area contributed by atoms with Crippen LogP contribution in [0.1, 0.15) is 24.8 Å². The number of carbonyl (C=O) groups is 2. The number of H-pyrrole nitrogens is 1. The molecule has 0 fully saturated rings. The molecule has 2 amide bonds. The third-order valence-corrected chi connectivity index (χ3v) is 5.36. The van der Waals surface area contributed by atoms with Gasteiger partial charge in [0.1, 0.15) is 12.6 Å². The van der Waals surface area contributed by atoms with Crippen LogP contribution >= 0.6 is 0 Å². The van der Waals surface area contributed by atoms with E-state index < -0.39 is 23.8 Å². The van der Waals surface area contributed by atoms with E-state index in [2.05, 4.69) is 32.7 Å². The number of nitrogens with two attached hydrogens (primary N) is 1. The van der Waals surface area contributed by atoms with E-state index in [4.69, 9.17) is 14.9 Å². The Morgan fingerprint density at radius 3 is 2.81 bits per heavy atom. The van der Waals surface area contributed by atoms with Crippen LogP contribution in [0, 0.1) is 12.1 Å². The second kappa shape index (κ2) is 11.7. The molecule has 4 aromatic rings. The summed E-state index contributed by atoms with van der Waals surface area (Å²) >= 11 is 0. The molecule has 10 nitrogen and oxygen atoms in total. The number of aromatic nitrogens is 2. The number of amides is 2. The average Bonchev–Trinajstić information content (AvgIpc) is 3.27. The number of fused-ring (bicyclic) bond motifs is 1. The van der Waals surface area contributed by atoms with E-state index in [-0.39, 0.29) is 12.4 Å². The first-order valence-corrected chi connectivity index (χ1v) is 11.4. The summed E-state index contributed by atoms with van der Waals surface area (Å²) in [7, 11) is 0. The van der Waals surface area contributed by atoms with Gasteiger partial charge in [0, 0.05) is 11.6 Å². The minimum absolute atomic E-state index is 0.0851. The molecule has 36 heavy (non-hydrogen) atoms. The number of carbonyl (C=O) groups excluding carboxylic acids is 2. The Hall–Kier alpha value is -4.62. The fourth-order valence-electron chi connectivity index (χ4n) is 3.54. The molecule has 1 atom stereocenters. The summed E-state index contributed by atoms with van der Waals surface area (Å²) in [4.78, 5) is 43.8. The molecule has 0 unspecified atom stereocenters. The predicted molar refractivity (Wildman–Crippen MR) is 133 cm³/mol. The van der Waals surface area contributed by atoms with Crippen molar-refractivity contribution in [3.05, 3.63) is 82.8 Å². The topological polar surface area (TPSA) is 152 Å². The van der Waals surface area contributed by atoms with Crippen molar-refractivity contribution in [3.63, 3.8) is 0 Å². The molecule has 4 rings (SSSR count). The van der Waals surface area contributed by atoms with Crippen LogP contribution in [0.4, 0.5) is 10.6 Å². The van der Waals surface area contributed by atoms with E-state index in [0.29, 0.717) is 48.2 Å². The van der Waals surface area contributed by atoms with Gasteiger partial charge in [0.05, 0.1) is 11.2 Å². The first-order chi connectivity index (χ1) is 17.5. The zero-order valence-electron chi connectivity index (χ0n) is 19.4. The highest BCUT2D eigenvalue weighted by molar-refractivity contribution is 5.95. The number of alkyl carbamates (subject to hydrolysis) is 1. The van der Waals surface area contributed by atoms with E-state index in [1.54, 1.807) is 24.3 Å². The van der Waals surface area contributed by atoms with Gasteiger partial charge >= 0.3 is 11.8 Å². The van der Waals surface area contributed by atoms with Gasteiger partial charge in [-0.3, -0.25) is 9.78 Å². The lowest BCUT2D eigenvalue weighted by Gasteiger charge is -2.18. The number of nitrogens with one attached hydrogen (secondary N) is 3. The minimum Gasteiger partial charge on any atom is -0.445 e. The molecule has 0 aliphatic rings. The van der Waals surface area contributed by atoms with E-state index in [1.165, 1.54) is 0 Å². The molecule has 0 saturated heterocycles. The number of hydrogen-bond acceptors (Lipinski definition) is 7. The summed E-state index contributed by atoms with van der Waals surface area (Å²) in [5.41, 5.74) is 8.51. The van der Waals surface area contributed by atoms with Crippen LogP contribution in [0.5, 0.6) is 0 Å². The Morgan fingerprint density at radius 2 is 2.00 bits per heavy atom. The van der Waals surface area contributed by atoms with Crippen LogP contribution < -0.4 is 22.1 Å². The monoisotopic (exact) mass is 487 g/mol. The average molecular weight is 488 g/mol. The molecule has 0 saturated carbocycles. The summed E-state index contributed by atoms with van der Waals surface area (Å²) in [6.45, 7) is 0.562. The number of ether oxygens (including phenoxy) is 1. The van der Waals surface area contributed by atoms with Crippen LogP contribution in [0.2, 0.25) is 0 Å². The van der Waals surface area contributed by atoms with Crippen LogP contribution in [-0.2, 0) is 16.1 Å².